The van der Waals surface area contributed by atoms with Crippen molar-refractivity contribution in [3.05, 3.63) is 51.7 Å². The Balaban J connectivity index is 1.63. The Morgan fingerprint density at radius 1 is 1.22 bits per heavy atom. The van der Waals surface area contributed by atoms with Crippen LogP contribution >= 0.6 is 22.7 Å². The van der Waals surface area contributed by atoms with Crippen LogP contribution in [0, 0.1) is 0 Å². The lowest BCUT2D eigenvalue weighted by Crippen LogP contribution is -2.35. The summed E-state index contributed by atoms with van der Waals surface area (Å²) in [4.78, 5) is 7.21. The van der Waals surface area contributed by atoms with E-state index in [1.54, 1.807) is 22.7 Å². The van der Waals surface area contributed by atoms with E-state index in [4.69, 9.17) is 9.72 Å². The van der Waals surface area contributed by atoms with Gasteiger partial charge in [-0.15, -0.1) is 11.3 Å². The number of aromatic nitrogens is 1. The number of nitrogens with zero attached hydrogens (tertiary/aromatic N) is 2. The van der Waals surface area contributed by atoms with Crippen molar-refractivity contribution in [3.63, 3.8) is 0 Å². The molecule has 0 spiro atoms. The molecule has 2 aromatic heterocycles. The highest BCUT2D eigenvalue weighted by atomic mass is 32.1. The molecule has 0 aliphatic carbocycles. The van der Waals surface area contributed by atoms with Crippen molar-refractivity contribution in [2.75, 3.05) is 20.1 Å². The van der Waals surface area contributed by atoms with Gasteiger partial charge in [0.1, 0.15) is 11.1 Å². The molecule has 3 heterocycles. The number of thiophene rings is 1. The zero-order valence-electron chi connectivity index (χ0n) is 13.1. The van der Waals surface area contributed by atoms with Crippen LogP contribution in [-0.4, -0.2) is 36.1 Å². The van der Waals surface area contributed by atoms with Crippen molar-refractivity contribution < 1.29 is 4.74 Å². The van der Waals surface area contributed by atoms with Crippen molar-refractivity contribution in [3.8, 4) is 0 Å². The first-order valence-corrected chi connectivity index (χ1v) is 9.77. The molecular formula is C18H20N2OS2. The van der Waals surface area contributed by atoms with Gasteiger partial charge in [0.05, 0.1) is 16.3 Å². The Bertz CT molecular complexity index is 727. The molecule has 1 aliphatic heterocycles. The van der Waals surface area contributed by atoms with Crippen LogP contribution in [-0.2, 0) is 4.74 Å². The van der Waals surface area contributed by atoms with E-state index in [0.717, 1.165) is 36.5 Å². The van der Waals surface area contributed by atoms with Gasteiger partial charge in [0.25, 0.3) is 0 Å². The van der Waals surface area contributed by atoms with E-state index in [1.165, 1.54) is 10.3 Å². The summed E-state index contributed by atoms with van der Waals surface area (Å²) in [5.41, 5.74) is 2.30. The van der Waals surface area contributed by atoms with Gasteiger partial charge in [-0.25, -0.2) is 4.98 Å². The predicted molar refractivity (Wildman–Crippen MR) is 97.4 cm³/mol. The number of fused-ring (bicyclic) bond motifs is 1. The molecule has 4 rings (SSSR count). The highest BCUT2D eigenvalue weighted by molar-refractivity contribution is 7.18. The van der Waals surface area contributed by atoms with Crippen LogP contribution in [0.5, 0.6) is 0 Å². The topological polar surface area (TPSA) is 25.4 Å². The minimum absolute atomic E-state index is 0.0351. The predicted octanol–water partition coefficient (Wildman–Crippen LogP) is 4.56. The zero-order chi connectivity index (χ0) is 15.6. The maximum Gasteiger partial charge on any atom is 0.135 e. The number of ether oxygens (including phenoxy) is 1. The second-order valence-electron chi connectivity index (χ2n) is 6.10. The fourth-order valence-corrected chi connectivity index (χ4v) is 4.73. The Morgan fingerprint density at radius 2 is 2.04 bits per heavy atom. The number of rotatable bonds is 4. The van der Waals surface area contributed by atoms with Gasteiger partial charge in [-0.1, -0.05) is 12.1 Å². The SMILES string of the molecule is CN1CCC(OC(c2ccsc2)c2nc3ccccc3s2)CC1. The van der Waals surface area contributed by atoms with Crippen LogP contribution in [0.2, 0.25) is 0 Å². The van der Waals surface area contributed by atoms with E-state index < -0.39 is 0 Å². The second-order valence-corrected chi connectivity index (χ2v) is 7.94. The maximum atomic E-state index is 6.53. The molecule has 1 unspecified atom stereocenters. The van der Waals surface area contributed by atoms with E-state index >= 15 is 0 Å². The van der Waals surface area contributed by atoms with Crippen LogP contribution in [0.1, 0.15) is 29.5 Å². The minimum Gasteiger partial charge on any atom is -0.363 e. The molecule has 0 amide bonds. The quantitative estimate of drug-likeness (QED) is 0.694. The fourth-order valence-electron chi connectivity index (χ4n) is 3.02. The molecule has 1 atom stereocenters. The van der Waals surface area contributed by atoms with E-state index in [9.17, 15) is 0 Å². The monoisotopic (exact) mass is 344 g/mol. The van der Waals surface area contributed by atoms with Gasteiger partial charge in [-0.05, 0) is 54.4 Å². The number of benzene rings is 1. The normalized spacial score (nSPS) is 18.5. The first kappa shape index (κ1) is 15.3. The smallest absolute Gasteiger partial charge is 0.135 e. The lowest BCUT2D eigenvalue weighted by Gasteiger charge is -2.31. The summed E-state index contributed by atoms with van der Waals surface area (Å²) in [5.74, 6) is 0. The molecule has 5 heteroatoms. The van der Waals surface area contributed by atoms with E-state index in [1.807, 2.05) is 6.07 Å². The van der Waals surface area contributed by atoms with Crippen LogP contribution in [0.4, 0.5) is 0 Å². The van der Waals surface area contributed by atoms with Crippen LogP contribution < -0.4 is 0 Å². The largest absolute Gasteiger partial charge is 0.363 e. The Kier molecular flexibility index (Phi) is 4.44. The molecule has 23 heavy (non-hydrogen) atoms. The Labute approximate surface area is 144 Å². The first-order valence-electron chi connectivity index (χ1n) is 8.01. The average molecular weight is 345 g/mol. The molecule has 1 fully saturated rings. The molecule has 120 valence electrons. The molecule has 0 N–H and O–H groups in total. The standard InChI is InChI=1S/C18H20N2OS2/c1-20-9-6-14(7-10-20)21-17(13-8-11-22-12-13)18-19-15-4-2-3-5-16(15)23-18/h2-5,8,11-12,14,17H,6-7,9-10H2,1H3. The van der Waals surface area contributed by atoms with Crippen LogP contribution in [0.25, 0.3) is 10.2 Å². The van der Waals surface area contributed by atoms with Crippen molar-refractivity contribution in [2.24, 2.45) is 0 Å². The lowest BCUT2D eigenvalue weighted by atomic mass is 10.1. The van der Waals surface area contributed by atoms with Gasteiger partial charge in [0, 0.05) is 13.1 Å². The number of thiazole rings is 1. The van der Waals surface area contributed by atoms with Gasteiger partial charge in [0.2, 0.25) is 0 Å². The van der Waals surface area contributed by atoms with Gasteiger partial charge >= 0.3 is 0 Å². The number of likely N-dealkylation sites (tertiary alicyclic amines) is 1. The van der Waals surface area contributed by atoms with Crippen LogP contribution in [0.3, 0.4) is 0 Å². The van der Waals surface area contributed by atoms with Crippen molar-refractivity contribution in [1.82, 2.24) is 9.88 Å². The van der Waals surface area contributed by atoms with Gasteiger partial charge in [0.15, 0.2) is 0 Å². The van der Waals surface area contributed by atoms with Crippen molar-refractivity contribution in [2.45, 2.75) is 25.0 Å². The van der Waals surface area contributed by atoms with E-state index in [2.05, 4.69) is 47.0 Å². The van der Waals surface area contributed by atoms with Gasteiger partial charge in [-0.3, -0.25) is 0 Å². The summed E-state index contributed by atoms with van der Waals surface area (Å²) >= 11 is 3.47. The van der Waals surface area contributed by atoms with Crippen LogP contribution in [0.15, 0.2) is 41.1 Å². The molecule has 1 saturated heterocycles. The molecule has 0 radical (unpaired) electrons. The first-order chi connectivity index (χ1) is 11.3. The Hall–Kier alpha value is -1.27. The Morgan fingerprint density at radius 3 is 2.78 bits per heavy atom. The summed E-state index contributed by atoms with van der Waals surface area (Å²) in [6.45, 7) is 2.22. The van der Waals surface area contributed by atoms with E-state index in [0.29, 0.717) is 6.10 Å². The third-order valence-corrected chi connectivity index (χ3v) is 6.16. The number of para-hydroxylation sites is 1. The molecule has 0 bridgehead atoms. The highest BCUT2D eigenvalue weighted by Gasteiger charge is 2.26. The third kappa shape index (κ3) is 3.33. The summed E-state index contributed by atoms with van der Waals surface area (Å²) in [6, 6.07) is 10.5. The summed E-state index contributed by atoms with van der Waals surface area (Å²) < 4.78 is 7.76. The van der Waals surface area contributed by atoms with E-state index in [-0.39, 0.29) is 6.10 Å². The average Bonchev–Trinajstić information content (AvgIpc) is 3.23. The molecule has 1 aromatic carbocycles. The zero-order valence-corrected chi connectivity index (χ0v) is 14.8. The third-order valence-electron chi connectivity index (χ3n) is 4.37. The second kappa shape index (κ2) is 6.69. The maximum absolute atomic E-state index is 6.53. The van der Waals surface area contributed by atoms with Gasteiger partial charge < -0.3 is 9.64 Å². The highest BCUT2D eigenvalue weighted by Crippen LogP contribution is 2.35. The lowest BCUT2D eigenvalue weighted by molar-refractivity contribution is -0.0232. The van der Waals surface area contributed by atoms with Gasteiger partial charge in [-0.2, -0.15) is 11.3 Å². The van der Waals surface area contributed by atoms with Crippen molar-refractivity contribution >= 4 is 32.9 Å². The number of piperidine rings is 1. The number of hydrogen-bond donors (Lipinski definition) is 0. The molecule has 0 saturated carbocycles. The summed E-state index contributed by atoms with van der Waals surface area (Å²) in [5, 5.41) is 5.38. The number of hydrogen-bond acceptors (Lipinski definition) is 5. The minimum atomic E-state index is -0.0351. The fraction of sp³-hybridized carbons (Fsp3) is 0.389. The summed E-state index contributed by atoms with van der Waals surface area (Å²) in [7, 11) is 2.18. The summed E-state index contributed by atoms with van der Waals surface area (Å²) in [6.07, 6.45) is 2.49. The molecule has 1 aliphatic rings. The molecular weight excluding hydrogens is 324 g/mol. The molecule has 3 aromatic rings. The van der Waals surface area contributed by atoms with Crippen molar-refractivity contribution in [1.29, 1.82) is 0 Å². The molecule has 3 nitrogen and oxygen atoms in total.